The van der Waals surface area contributed by atoms with Crippen LogP contribution in [0.25, 0.3) is 0 Å². The first-order chi connectivity index (χ1) is 12.4. The molecule has 2 amide bonds. The Morgan fingerprint density at radius 1 is 1.00 bits per heavy atom. The Kier molecular flexibility index (Phi) is 5.13. The van der Waals surface area contributed by atoms with Crippen LogP contribution >= 0.6 is 0 Å². The molecule has 0 bridgehead atoms. The summed E-state index contributed by atoms with van der Waals surface area (Å²) < 4.78 is 11.7. The SMILES string of the molecule is CC(C)(C)C(=O)N1CCOC(CC(C)(C)C(=O)N2CCO[C@H]3CC32)C1(C)C. The molecule has 3 fully saturated rings. The Hall–Kier alpha value is -1.14. The molecule has 6 heteroatoms. The van der Waals surface area contributed by atoms with Crippen LogP contribution in [0.1, 0.15) is 61.3 Å². The molecule has 2 saturated heterocycles. The van der Waals surface area contributed by atoms with Crippen LogP contribution in [0.2, 0.25) is 0 Å². The first-order valence-corrected chi connectivity index (χ1v) is 10.2. The minimum Gasteiger partial charge on any atom is -0.374 e. The second-order valence-electron chi connectivity index (χ2n) is 10.5. The molecule has 2 heterocycles. The zero-order valence-electron chi connectivity index (χ0n) is 18.0. The molecule has 0 aromatic heterocycles. The first kappa shape index (κ1) is 20.6. The topological polar surface area (TPSA) is 59.1 Å². The van der Waals surface area contributed by atoms with Gasteiger partial charge in [-0.25, -0.2) is 0 Å². The molecule has 0 spiro atoms. The van der Waals surface area contributed by atoms with Gasteiger partial charge in [-0.05, 0) is 26.7 Å². The lowest BCUT2D eigenvalue weighted by Gasteiger charge is -2.51. The van der Waals surface area contributed by atoms with Gasteiger partial charge in [0.25, 0.3) is 0 Å². The minimum atomic E-state index is -0.541. The molecule has 27 heavy (non-hydrogen) atoms. The smallest absolute Gasteiger partial charge is 0.228 e. The number of fused-ring (bicyclic) bond motifs is 1. The van der Waals surface area contributed by atoms with Crippen molar-refractivity contribution >= 4 is 11.8 Å². The summed E-state index contributed by atoms with van der Waals surface area (Å²) in [6.07, 6.45) is 1.62. The van der Waals surface area contributed by atoms with Gasteiger partial charge >= 0.3 is 0 Å². The van der Waals surface area contributed by atoms with E-state index in [4.69, 9.17) is 9.47 Å². The van der Waals surface area contributed by atoms with E-state index in [2.05, 4.69) is 13.8 Å². The fourth-order valence-electron chi connectivity index (χ4n) is 4.36. The quantitative estimate of drug-likeness (QED) is 0.755. The highest BCUT2D eigenvalue weighted by atomic mass is 16.5. The van der Waals surface area contributed by atoms with Crippen LogP contribution in [0, 0.1) is 10.8 Å². The van der Waals surface area contributed by atoms with Crippen LogP contribution in [-0.2, 0) is 19.1 Å². The molecule has 3 rings (SSSR count). The summed E-state index contributed by atoms with van der Waals surface area (Å²) in [6, 6.07) is 0.254. The molecular formula is C21H36N2O4. The molecule has 0 aromatic carbocycles. The number of hydrogen-bond donors (Lipinski definition) is 0. The summed E-state index contributed by atoms with van der Waals surface area (Å²) in [4.78, 5) is 30.2. The number of carbonyl (C=O) groups excluding carboxylic acids is 2. The minimum absolute atomic E-state index is 0.138. The summed E-state index contributed by atoms with van der Waals surface area (Å²) in [5, 5.41) is 0. The van der Waals surface area contributed by atoms with E-state index in [1.807, 2.05) is 44.4 Å². The lowest BCUT2D eigenvalue weighted by Crippen LogP contribution is -2.63. The zero-order valence-corrected chi connectivity index (χ0v) is 18.0. The van der Waals surface area contributed by atoms with Crippen LogP contribution < -0.4 is 0 Å². The van der Waals surface area contributed by atoms with Crippen molar-refractivity contribution in [3.8, 4) is 0 Å². The second kappa shape index (κ2) is 6.73. The first-order valence-electron chi connectivity index (χ1n) is 10.2. The summed E-state index contributed by atoms with van der Waals surface area (Å²) >= 11 is 0. The number of rotatable bonds is 3. The van der Waals surface area contributed by atoms with Crippen molar-refractivity contribution < 1.29 is 19.1 Å². The molecule has 1 aliphatic carbocycles. The molecule has 0 aromatic rings. The van der Waals surface area contributed by atoms with Gasteiger partial charge < -0.3 is 19.3 Å². The van der Waals surface area contributed by atoms with Crippen LogP contribution in [0.15, 0.2) is 0 Å². The van der Waals surface area contributed by atoms with Crippen molar-refractivity contribution in [3.05, 3.63) is 0 Å². The van der Waals surface area contributed by atoms with E-state index in [1.165, 1.54) is 0 Å². The maximum absolute atomic E-state index is 13.3. The monoisotopic (exact) mass is 380 g/mol. The van der Waals surface area contributed by atoms with Crippen molar-refractivity contribution in [2.75, 3.05) is 26.3 Å². The van der Waals surface area contributed by atoms with E-state index in [1.54, 1.807) is 0 Å². The Labute approximate surface area is 163 Å². The lowest BCUT2D eigenvalue weighted by atomic mass is 9.77. The largest absolute Gasteiger partial charge is 0.374 e. The van der Waals surface area contributed by atoms with Gasteiger partial charge in [-0.1, -0.05) is 34.6 Å². The Morgan fingerprint density at radius 2 is 1.63 bits per heavy atom. The number of nitrogens with zero attached hydrogens (tertiary/aromatic N) is 2. The van der Waals surface area contributed by atoms with E-state index in [0.29, 0.717) is 32.7 Å². The summed E-state index contributed by atoms with van der Waals surface area (Å²) in [5.41, 5.74) is -1.42. The fourth-order valence-corrected chi connectivity index (χ4v) is 4.36. The molecule has 6 nitrogen and oxygen atoms in total. The highest BCUT2D eigenvalue weighted by Crippen LogP contribution is 2.41. The van der Waals surface area contributed by atoms with Crippen molar-refractivity contribution in [2.45, 2.75) is 85.1 Å². The number of carbonyl (C=O) groups is 2. The number of amides is 2. The number of morpholine rings is 2. The van der Waals surface area contributed by atoms with E-state index in [-0.39, 0.29) is 30.1 Å². The van der Waals surface area contributed by atoms with Crippen LogP contribution in [-0.4, -0.2) is 71.7 Å². The molecule has 2 unspecified atom stereocenters. The van der Waals surface area contributed by atoms with E-state index < -0.39 is 16.4 Å². The Balaban J connectivity index is 1.73. The molecule has 1 saturated carbocycles. The van der Waals surface area contributed by atoms with Crippen molar-refractivity contribution in [1.29, 1.82) is 0 Å². The molecule has 0 N–H and O–H groups in total. The zero-order chi connectivity index (χ0) is 20.2. The second-order valence-corrected chi connectivity index (χ2v) is 10.5. The van der Waals surface area contributed by atoms with Gasteiger partial charge in [-0.2, -0.15) is 0 Å². The van der Waals surface area contributed by atoms with Gasteiger partial charge in [0.05, 0.1) is 37.0 Å². The van der Waals surface area contributed by atoms with Crippen LogP contribution in [0.4, 0.5) is 0 Å². The highest BCUT2D eigenvalue weighted by molar-refractivity contribution is 5.83. The summed E-state index contributed by atoms with van der Waals surface area (Å²) in [5.74, 6) is 0.316. The molecular weight excluding hydrogens is 344 g/mol. The van der Waals surface area contributed by atoms with Crippen LogP contribution in [0.3, 0.4) is 0 Å². The van der Waals surface area contributed by atoms with Gasteiger partial charge in [-0.3, -0.25) is 9.59 Å². The van der Waals surface area contributed by atoms with Gasteiger partial charge in [0.1, 0.15) is 0 Å². The van der Waals surface area contributed by atoms with Gasteiger partial charge in [0.2, 0.25) is 11.8 Å². The Morgan fingerprint density at radius 3 is 2.26 bits per heavy atom. The average Bonchev–Trinajstić information content (AvgIpc) is 3.33. The lowest BCUT2D eigenvalue weighted by molar-refractivity contribution is -0.172. The number of hydrogen-bond acceptors (Lipinski definition) is 4. The highest BCUT2D eigenvalue weighted by Gasteiger charge is 2.52. The molecule has 2 aliphatic heterocycles. The van der Waals surface area contributed by atoms with E-state index in [9.17, 15) is 9.59 Å². The van der Waals surface area contributed by atoms with Crippen molar-refractivity contribution in [1.82, 2.24) is 9.80 Å². The maximum atomic E-state index is 13.3. The fraction of sp³-hybridized carbons (Fsp3) is 0.905. The van der Waals surface area contributed by atoms with Gasteiger partial charge in [-0.15, -0.1) is 0 Å². The third-order valence-corrected chi connectivity index (χ3v) is 6.30. The molecule has 154 valence electrons. The molecule has 3 aliphatic rings. The van der Waals surface area contributed by atoms with Gasteiger partial charge in [0, 0.05) is 23.9 Å². The summed E-state index contributed by atoms with van der Waals surface area (Å²) in [7, 11) is 0. The Bertz CT molecular complexity index is 608. The standard InChI is InChI=1S/C21H36N2O4/c1-19(2,3)17(24)23-9-11-27-16(21(23,6)7)13-20(4,5)18(25)22-8-10-26-15-12-14(15)22/h14-16H,8-13H2,1-7H3/t14?,15-,16?/m0/s1. The predicted octanol–water partition coefficient (Wildman–Crippen LogP) is 2.45. The third kappa shape index (κ3) is 3.88. The average molecular weight is 381 g/mol. The maximum Gasteiger partial charge on any atom is 0.228 e. The number of ether oxygens (including phenoxy) is 2. The van der Waals surface area contributed by atoms with Crippen LogP contribution in [0.5, 0.6) is 0 Å². The summed E-state index contributed by atoms with van der Waals surface area (Å²) in [6.45, 7) is 16.4. The van der Waals surface area contributed by atoms with Gasteiger partial charge in [0.15, 0.2) is 0 Å². The molecule has 0 radical (unpaired) electrons. The third-order valence-electron chi connectivity index (χ3n) is 6.30. The predicted molar refractivity (Wildman–Crippen MR) is 103 cm³/mol. The van der Waals surface area contributed by atoms with Crippen molar-refractivity contribution in [2.24, 2.45) is 10.8 Å². The van der Waals surface area contributed by atoms with Crippen molar-refractivity contribution in [3.63, 3.8) is 0 Å². The normalized spacial score (nSPS) is 30.7. The van der Waals surface area contributed by atoms with E-state index >= 15 is 0 Å². The van der Waals surface area contributed by atoms with E-state index in [0.717, 1.165) is 6.42 Å². The molecule has 3 atom stereocenters.